The van der Waals surface area contributed by atoms with Crippen LogP contribution in [-0.2, 0) is 11.2 Å². The van der Waals surface area contributed by atoms with Gasteiger partial charge >= 0.3 is 5.97 Å². The average Bonchev–Trinajstić information content (AvgIpc) is 2.87. The Hall–Kier alpha value is -3.94. The molecule has 0 fully saturated rings. The molecular formula is C32H38O8. The van der Waals surface area contributed by atoms with Crippen LogP contribution in [0.15, 0.2) is 39.1 Å². The van der Waals surface area contributed by atoms with E-state index in [2.05, 4.69) is 0 Å². The predicted octanol–water partition coefficient (Wildman–Crippen LogP) is 7.16. The Morgan fingerprint density at radius 1 is 1.05 bits per heavy atom. The summed E-state index contributed by atoms with van der Waals surface area (Å²) in [7, 11) is 1.54. The van der Waals surface area contributed by atoms with E-state index in [1.54, 1.807) is 25.3 Å². The van der Waals surface area contributed by atoms with E-state index >= 15 is 0 Å². The molecule has 8 heteroatoms. The second-order valence-corrected chi connectivity index (χ2v) is 11.0. The summed E-state index contributed by atoms with van der Waals surface area (Å²) in [6, 6.07) is 3.33. The number of hydrogen-bond donors (Lipinski definition) is 2. The third-order valence-electron chi connectivity index (χ3n) is 6.98. The van der Waals surface area contributed by atoms with Gasteiger partial charge in [0.05, 0.1) is 24.7 Å². The zero-order valence-corrected chi connectivity index (χ0v) is 23.9. The lowest BCUT2D eigenvalue weighted by atomic mass is 9.97. The molecule has 0 unspecified atom stereocenters. The number of phenols is 1. The minimum atomic E-state index is -0.765. The van der Waals surface area contributed by atoms with Crippen LogP contribution in [0, 0.1) is 0 Å². The highest BCUT2D eigenvalue weighted by atomic mass is 16.5. The monoisotopic (exact) mass is 550 g/mol. The number of hydrogen-bond acceptors (Lipinski definition) is 7. The lowest BCUT2D eigenvalue weighted by Crippen LogP contribution is -2.27. The van der Waals surface area contributed by atoms with Gasteiger partial charge < -0.3 is 28.8 Å². The molecule has 0 spiro atoms. The van der Waals surface area contributed by atoms with E-state index in [1.165, 1.54) is 0 Å². The van der Waals surface area contributed by atoms with Crippen LogP contribution in [0.25, 0.3) is 28.0 Å². The molecule has 1 aliphatic rings. The van der Waals surface area contributed by atoms with Gasteiger partial charge in [-0.3, -0.25) is 9.59 Å². The predicted molar refractivity (Wildman–Crippen MR) is 156 cm³/mol. The summed E-state index contributed by atoms with van der Waals surface area (Å²) < 4.78 is 24.2. The van der Waals surface area contributed by atoms with Gasteiger partial charge in [-0.2, -0.15) is 0 Å². The number of rotatable bonds is 12. The van der Waals surface area contributed by atoms with E-state index in [0.29, 0.717) is 58.8 Å². The number of methoxy groups -OCH3 is 1. The molecule has 214 valence electrons. The Balaban J connectivity index is 1.74. The summed E-state index contributed by atoms with van der Waals surface area (Å²) in [6.45, 7) is 8.21. The molecule has 3 aromatic rings. The molecule has 0 radical (unpaired) electrons. The van der Waals surface area contributed by atoms with Crippen LogP contribution in [0.3, 0.4) is 0 Å². The Kier molecular flexibility index (Phi) is 8.76. The van der Waals surface area contributed by atoms with E-state index in [4.69, 9.17) is 23.7 Å². The molecule has 0 aliphatic carbocycles. The molecule has 0 saturated carbocycles. The Morgan fingerprint density at radius 3 is 2.45 bits per heavy atom. The third kappa shape index (κ3) is 6.27. The van der Waals surface area contributed by atoms with Crippen molar-refractivity contribution in [2.45, 2.75) is 78.2 Å². The van der Waals surface area contributed by atoms with Gasteiger partial charge in [0.1, 0.15) is 33.7 Å². The van der Waals surface area contributed by atoms with Gasteiger partial charge in [0.25, 0.3) is 0 Å². The lowest BCUT2D eigenvalue weighted by molar-refractivity contribution is -0.137. The van der Waals surface area contributed by atoms with Crippen molar-refractivity contribution in [3.8, 4) is 23.0 Å². The summed E-state index contributed by atoms with van der Waals surface area (Å²) in [4.78, 5) is 24.6. The van der Waals surface area contributed by atoms with Crippen LogP contribution >= 0.6 is 0 Å². The fraction of sp³-hybridized carbons (Fsp3) is 0.438. The highest BCUT2D eigenvalue weighted by Crippen LogP contribution is 2.43. The largest absolute Gasteiger partial charge is 0.506 e. The van der Waals surface area contributed by atoms with Crippen molar-refractivity contribution in [1.29, 1.82) is 0 Å². The maximum atomic E-state index is 14.0. The molecule has 0 amide bonds. The first-order chi connectivity index (χ1) is 19.0. The molecular weight excluding hydrogens is 512 g/mol. The fourth-order valence-electron chi connectivity index (χ4n) is 4.95. The van der Waals surface area contributed by atoms with Crippen molar-refractivity contribution in [2.75, 3.05) is 13.7 Å². The van der Waals surface area contributed by atoms with Crippen LogP contribution in [0.1, 0.15) is 77.3 Å². The number of carboxylic acid groups (broad SMARTS) is 1. The molecule has 2 heterocycles. The molecule has 1 aromatic heterocycles. The zero-order chi connectivity index (χ0) is 29.0. The topological polar surface area (TPSA) is 115 Å². The molecule has 2 N–H and O–H groups in total. The lowest BCUT2D eigenvalue weighted by Gasteiger charge is -2.28. The van der Waals surface area contributed by atoms with Crippen LogP contribution in [0.5, 0.6) is 23.0 Å². The number of carbonyl (C=O) groups is 1. The first-order valence-corrected chi connectivity index (χ1v) is 13.7. The van der Waals surface area contributed by atoms with E-state index in [9.17, 15) is 14.7 Å². The minimum absolute atomic E-state index is 0.0938. The molecule has 0 atom stereocenters. The third-order valence-corrected chi connectivity index (χ3v) is 6.98. The van der Waals surface area contributed by atoms with E-state index in [0.717, 1.165) is 31.3 Å². The van der Waals surface area contributed by atoms with Crippen molar-refractivity contribution in [1.82, 2.24) is 0 Å². The molecule has 0 saturated heterocycles. The number of unbranched alkanes of at least 4 members (excludes halogenated alkanes) is 4. The van der Waals surface area contributed by atoms with Crippen molar-refractivity contribution in [3.05, 3.63) is 51.2 Å². The van der Waals surface area contributed by atoms with Crippen molar-refractivity contribution in [3.63, 3.8) is 0 Å². The number of aromatic hydroxyl groups is 1. The maximum absolute atomic E-state index is 14.0. The number of carboxylic acids is 1. The quantitative estimate of drug-likeness (QED) is 0.139. The first kappa shape index (κ1) is 29.1. The minimum Gasteiger partial charge on any atom is -0.506 e. The van der Waals surface area contributed by atoms with Gasteiger partial charge in [-0.05, 0) is 59.1 Å². The number of ether oxygens (including phenoxy) is 3. The summed E-state index contributed by atoms with van der Waals surface area (Å²) in [5.41, 5.74) is 1.81. The standard InChI is InChI=1S/C32H38O8/c1-19(2)12-13-21-27-23(18-25(31(21)37-5)38-16-10-8-6-7-9-11-26(33)34)39-24-17-22-20(14-15-32(3,4)40-22)29(35)28(24)30(27)36/h12,14-15,17-18,35H,6-11,13,16H2,1-5H3,(H,33,34). The van der Waals surface area contributed by atoms with Gasteiger partial charge in [-0.15, -0.1) is 0 Å². The van der Waals surface area contributed by atoms with Crippen LogP contribution in [0.4, 0.5) is 0 Å². The smallest absolute Gasteiger partial charge is 0.303 e. The van der Waals surface area contributed by atoms with Gasteiger partial charge in [-0.25, -0.2) is 0 Å². The molecule has 1 aliphatic heterocycles. The van der Waals surface area contributed by atoms with Gasteiger partial charge in [0, 0.05) is 24.1 Å². The molecule has 40 heavy (non-hydrogen) atoms. The van der Waals surface area contributed by atoms with E-state index < -0.39 is 11.6 Å². The number of benzene rings is 2. The number of phenolic OH excluding ortho intramolecular Hbond substituents is 1. The zero-order valence-electron chi connectivity index (χ0n) is 23.9. The highest BCUT2D eigenvalue weighted by molar-refractivity contribution is 5.99. The van der Waals surface area contributed by atoms with Crippen molar-refractivity contribution in [2.24, 2.45) is 0 Å². The molecule has 2 aromatic carbocycles. The SMILES string of the molecule is COc1c(OCCCCCCCC(=O)O)cc2oc3cc4c(c(O)c3c(=O)c2c1CC=C(C)C)C=CC(C)(C)O4. The fourth-order valence-corrected chi connectivity index (χ4v) is 4.95. The summed E-state index contributed by atoms with van der Waals surface area (Å²) in [5.74, 6) is 0.436. The van der Waals surface area contributed by atoms with Crippen molar-refractivity contribution < 1.29 is 33.6 Å². The van der Waals surface area contributed by atoms with Crippen LogP contribution < -0.4 is 19.6 Å². The summed E-state index contributed by atoms with van der Waals surface area (Å²) in [5, 5.41) is 20.4. The number of aliphatic carboxylic acids is 1. The molecule has 4 rings (SSSR count). The first-order valence-electron chi connectivity index (χ1n) is 13.7. The van der Waals surface area contributed by atoms with E-state index in [1.807, 2.05) is 39.8 Å². The van der Waals surface area contributed by atoms with Crippen LogP contribution in [-0.4, -0.2) is 35.5 Å². The van der Waals surface area contributed by atoms with Crippen molar-refractivity contribution >= 4 is 34.0 Å². The average molecular weight is 551 g/mol. The number of fused-ring (bicyclic) bond motifs is 3. The Bertz CT molecular complexity index is 1540. The van der Waals surface area contributed by atoms with Gasteiger partial charge in [-0.1, -0.05) is 30.9 Å². The molecule has 0 bridgehead atoms. The maximum Gasteiger partial charge on any atom is 0.303 e. The Labute approximate surface area is 233 Å². The Morgan fingerprint density at radius 2 is 1.75 bits per heavy atom. The normalized spacial score (nSPS) is 13.6. The van der Waals surface area contributed by atoms with Gasteiger partial charge in [0.15, 0.2) is 11.5 Å². The van der Waals surface area contributed by atoms with Gasteiger partial charge in [0.2, 0.25) is 5.43 Å². The van der Waals surface area contributed by atoms with Crippen LogP contribution in [0.2, 0.25) is 0 Å². The van der Waals surface area contributed by atoms with E-state index in [-0.39, 0.29) is 28.6 Å². The second-order valence-electron chi connectivity index (χ2n) is 11.0. The molecule has 8 nitrogen and oxygen atoms in total. The summed E-state index contributed by atoms with van der Waals surface area (Å²) in [6.07, 6.45) is 10.4. The highest BCUT2D eigenvalue weighted by Gasteiger charge is 2.28. The second kappa shape index (κ2) is 12.1. The number of allylic oxidation sites excluding steroid dienone is 2. The summed E-state index contributed by atoms with van der Waals surface area (Å²) >= 11 is 0.